The van der Waals surface area contributed by atoms with E-state index in [1.54, 1.807) is 6.08 Å². The molecule has 0 saturated heterocycles. The van der Waals surface area contributed by atoms with Gasteiger partial charge in [0.05, 0.1) is 6.07 Å². The maximum atomic E-state index is 8.75. The summed E-state index contributed by atoms with van der Waals surface area (Å²) in [5, 5.41) is 10.9. The van der Waals surface area contributed by atoms with Gasteiger partial charge in [-0.1, -0.05) is 42.5 Å². The van der Waals surface area contributed by atoms with Crippen LogP contribution in [-0.4, -0.2) is 0 Å². The molecular weight excluding hydrogens is 194 g/mol. The van der Waals surface area contributed by atoms with Crippen molar-refractivity contribution in [3.63, 3.8) is 0 Å². The topological polar surface area (TPSA) is 23.8 Å². The summed E-state index contributed by atoms with van der Waals surface area (Å²) >= 11 is 0. The molecule has 0 heterocycles. The standard InChI is InChI=1S/C15H9N/c16-9-8-11-5-3-7-14-13-6-2-1-4-12(13)10-15(11)14/h1-8,10H. The molecule has 0 fully saturated rings. The van der Waals surface area contributed by atoms with Crippen LogP contribution in [-0.2, 0) is 0 Å². The van der Waals surface area contributed by atoms with Gasteiger partial charge in [-0.2, -0.15) is 5.26 Å². The van der Waals surface area contributed by atoms with E-state index in [4.69, 9.17) is 5.26 Å². The fraction of sp³-hybridized carbons (Fsp3) is 0. The zero-order chi connectivity index (χ0) is 11.0. The lowest BCUT2D eigenvalue weighted by atomic mass is 10.0. The number of nitrogens with zero attached hydrogens (tertiary/aromatic N) is 1. The first-order chi connectivity index (χ1) is 7.90. The second-order valence-corrected chi connectivity index (χ2v) is 3.81. The normalized spacial score (nSPS) is 12.6. The van der Waals surface area contributed by atoms with Gasteiger partial charge in [-0.05, 0) is 33.2 Å². The smallest absolute Gasteiger partial charge is 0.0918 e. The monoisotopic (exact) mass is 203 g/mol. The van der Waals surface area contributed by atoms with Crippen LogP contribution in [0.3, 0.4) is 0 Å². The van der Waals surface area contributed by atoms with Crippen LogP contribution in [0.4, 0.5) is 0 Å². The summed E-state index contributed by atoms with van der Waals surface area (Å²) in [5.74, 6) is 0. The van der Waals surface area contributed by atoms with Crippen LogP contribution in [0.1, 0.15) is 5.56 Å². The fourth-order valence-electron chi connectivity index (χ4n) is 2.20. The Balaban J connectivity index is 2.45. The summed E-state index contributed by atoms with van der Waals surface area (Å²) in [4.78, 5) is 0. The predicted molar refractivity (Wildman–Crippen MR) is 64.8 cm³/mol. The molecule has 1 heteroatoms. The average Bonchev–Trinajstić information content (AvgIpc) is 2.69. The van der Waals surface area contributed by atoms with Crippen LogP contribution < -0.4 is 10.4 Å². The summed E-state index contributed by atoms with van der Waals surface area (Å²) < 4.78 is 0. The molecule has 2 aromatic rings. The van der Waals surface area contributed by atoms with E-state index in [1.165, 1.54) is 16.7 Å². The molecule has 0 atom stereocenters. The van der Waals surface area contributed by atoms with Gasteiger partial charge >= 0.3 is 0 Å². The van der Waals surface area contributed by atoms with Gasteiger partial charge in [0.1, 0.15) is 0 Å². The predicted octanol–water partition coefficient (Wildman–Crippen LogP) is 1.80. The van der Waals surface area contributed by atoms with E-state index in [9.17, 15) is 0 Å². The summed E-state index contributed by atoms with van der Waals surface area (Å²) in [6.45, 7) is 0. The first-order valence-electron chi connectivity index (χ1n) is 5.20. The lowest BCUT2D eigenvalue weighted by Crippen LogP contribution is -2.23. The zero-order valence-corrected chi connectivity index (χ0v) is 8.64. The van der Waals surface area contributed by atoms with Crippen molar-refractivity contribution in [3.05, 3.63) is 58.5 Å². The van der Waals surface area contributed by atoms with Crippen molar-refractivity contribution in [1.29, 1.82) is 5.26 Å². The minimum atomic E-state index is 0.996. The lowest BCUT2D eigenvalue weighted by Gasteiger charge is -1.99. The Morgan fingerprint density at radius 1 is 0.938 bits per heavy atom. The molecule has 0 radical (unpaired) electrons. The van der Waals surface area contributed by atoms with Crippen molar-refractivity contribution < 1.29 is 0 Å². The quantitative estimate of drug-likeness (QED) is 0.546. The van der Waals surface area contributed by atoms with Crippen molar-refractivity contribution in [2.24, 2.45) is 0 Å². The molecule has 0 spiro atoms. The van der Waals surface area contributed by atoms with Gasteiger partial charge in [0.2, 0.25) is 0 Å². The van der Waals surface area contributed by atoms with E-state index in [0.717, 1.165) is 10.4 Å². The van der Waals surface area contributed by atoms with Crippen LogP contribution in [0.5, 0.6) is 0 Å². The van der Waals surface area contributed by atoms with Crippen LogP contribution in [0.25, 0.3) is 23.3 Å². The van der Waals surface area contributed by atoms with Crippen molar-refractivity contribution in [3.8, 4) is 17.2 Å². The number of benzene rings is 2. The first kappa shape index (κ1) is 8.94. The third-order valence-electron chi connectivity index (χ3n) is 2.91. The van der Waals surface area contributed by atoms with E-state index in [2.05, 4.69) is 30.3 Å². The van der Waals surface area contributed by atoms with E-state index in [0.29, 0.717) is 0 Å². The van der Waals surface area contributed by atoms with Crippen LogP contribution in [0.2, 0.25) is 0 Å². The van der Waals surface area contributed by atoms with Crippen molar-refractivity contribution in [2.45, 2.75) is 0 Å². The molecule has 3 rings (SSSR count). The van der Waals surface area contributed by atoms with Crippen LogP contribution in [0, 0.1) is 11.3 Å². The molecule has 16 heavy (non-hydrogen) atoms. The molecule has 1 aliphatic rings. The number of nitriles is 1. The first-order valence-corrected chi connectivity index (χ1v) is 5.20. The highest BCUT2D eigenvalue weighted by molar-refractivity contribution is 5.82. The maximum absolute atomic E-state index is 8.75. The fourth-order valence-corrected chi connectivity index (χ4v) is 2.20. The van der Waals surface area contributed by atoms with Crippen LogP contribution >= 0.6 is 0 Å². The van der Waals surface area contributed by atoms with Gasteiger partial charge in [-0.25, -0.2) is 0 Å². The summed E-state index contributed by atoms with van der Waals surface area (Å²) in [6, 6.07) is 16.5. The Labute approximate surface area is 93.6 Å². The molecular formula is C15H9N. The van der Waals surface area contributed by atoms with Gasteiger partial charge in [-0.15, -0.1) is 0 Å². The zero-order valence-electron chi connectivity index (χ0n) is 8.64. The number of hydrogen-bond acceptors (Lipinski definition) is 1. The Kier molecular flexibility index (Phi) is 1.88. The molecule has 0 unspecified atom stereocenters. The molecule has 0 aromatic heterocycles. The molecule has 0 amide bonds. The molecule has 0 aliphatic heterocycles. The van der Waals surface area contributed by atoms with Gasteiger partial charge in [0.25, 0.3) is 0 Å². The highest BCUT2D eigenvalue weighted by Crippen LogP contribution is 2.24. The van der Waals surface area contributed by atoms with Gasteiger partial charge in [0, 0.05) is 6.08 Å². The minimum absolute atomic E-state index is 0.996. The summed E-state index contributed by atoms with van der Waals surface area (Å²) in [7, 11) is 0. The second-order valence-electron chi connectivity index (χ2n) is 3.81. The Morgan fingerprint density at radius 3 is 2.62 bits per heavy atom. The number of fused-ring (bicyclic) bond motifs is 3. The Hall–Kier alpha value is -2.33. The summed E-state index contributed by atoms with van der Waals surface area (Å²) in [6.07, 6.45) is 3.75. The largest absolute Gasteiger partial charge is 0.193 e. The van der Waals surface area contributed by atoms with E-state index >= 15 is 0 Å². The van der Waals surface area contributed by atoms with Crippen LogP contribution in [0.15, 0.2) is 42.5 Å². The van der Waals surface area contributed by atoms with Gasteiger partial charge < -0.3 is 0 Å². The van der Waals surface area contributed by atoms with E-state index < -0.39 is 0 Å². The maximum Gasteiger partial charge on any atom is 0.0918 e. The highest BCUT2D eigenvalue weighted by atomic mass is 14.2. The molecule has 1 nitrogen and oxygen atoms in total. The van der Waals surface area contributed by atoms with E-state index in [1.807, 2.05) is 24.3 Å². The number of rotatable bonds is 0. The molecule has 0 saturated carbocycles. The van der Waals surface area contributed by atoms with Crippen molar-refractivity contribution in [2.75, 3.05) is 0 Å². The highest BCUT2D eigenvalue weighted by Gasteiger charge is 2.10. The Bertz CT molecular complexity index is 718. The number of hydrogen-bond donors (Lipinski definition) is 0. The SMILES string of the molecule is N#CC=c1cccc2c1=Cc1ccccc1-2. The average molecular weight is 203 g/mol. The molecule has 2 aromatic carbocycles. The third kappa shape index (κ3) is 1.17. The van der Waals surface area contributed by atoms with Crippen molar-refractivity contribution >= 4 is 12.2 Å². The molecule has 74 valence electrons. The second kappa shape index (κ2) is 3.36. The van der Waals surface area contributed by atoms with Gasteiger partial charge in [-0.3, -0.25) is 0 Å². The minimum Gasteiger partial charge on any atom is -0.193 e. The third-order valence-corrected chi connectivity index (χ3v) is 2.91. The van der Waals surface area contributed by atoms with Crippen molar-refractivity contribution in [1.82, 2.24) is 0 Å². The molecule has 1 aliphatic carbocycles. The van der Waals surface area contributed by atoms with E-state index in [-0.39, 0.29) is 0 Å². The van der Waals surface area contributed by atoms with Gasteiger partial charge in [0.15, 0.2) is 0 Å². The molecule has 0 bridgehead atoms. The lowest BCUT2D eigenvalue weighted by molar-refractivity contribution is 1.51. The summed E-state index contributed by atoms with van der Waals surface area (Å²) in [5.41, 5.74) is 3.71. The molecule has 0 N–H and O–H groups in total. The Morgan fingerprint density at radius 2 is 1.75 bits per heavy atom.